The largest absolute Gasteiger partial charge is 0.295 e. The van der Waals surface area contributed by atoms with E-state index in [2.05, 4.69) is 10.9 Å². The van der Waals surface area contributed by atoms with E-state index in [1.165, 1.54) is 22.5 Å². The van der Waals surface area contributed by atoms with Crippen LogP contribution < -0.4 is 10.9 Å². The van der Waals surface area contributed by atoms with Crippen LogP contribution in [0.1, 0.15) is 29.6 Å². The van der Waals surface area contributed by atoms with Gasteiger partial charge in [0.05, 0.1) is 15.7 Å². The number of benzene rings is 2. The zero-order valence-electron chi connectivity index (χ0n) is 15.0. The van der Waals surface area contributed by atoms with Crippen LogP contribution in [0.3, 0.4) is 0 Å². The van der Waals surface area contributed by atoms with Crippen molar-refractivity contribution in [2.24, 2.45) is 0 Å². The number of piperidine rings is 1. The molecule has 3 rings (SSSR count). The summed E-state index contributed by atoms with van der Waals surface area (Å²) in [6.07, 6.45) is 2.36. The maximum absolute atomic E-state index is 14.3. The molecular weight excluding hydrogens is 464 g/mol. The Morgan fingerprint density at radius 1 is 1.00 bits per heavy atom. The third-order valence-corrected chi connectivity index (χ3v) is 7.16. The van der Waals surface area contributed by atoms with E-state index in [0.717, 1.165) is 18.6 Å². The summed E-state index contributed by atoms with van der Waals surface area (Å²) >= 11 is 17.9. The van der Waals surface area contributed by atoms with E-state index in [4.69, 9.17) is 34.8 Å². The van der Waals surface area contributed by atoms with Crippen LogP contribution >= 0.6 is 34.8 Å². The lowest BCUT2D eigenvalue weighted by Gasteiger charge is -2.26. The highest BCUT2D eigenvalue weighted by Gasteiger charge is 2.29. The number of nitrogens with zero attached hydrogens (tertiary/aromatic N) is 1. The third-order valence-electron chi connectivity index (χ3n) is 4.43. The van der Waals surface area contributed by atoms with Gasteiger partial charge in [-0.25, -0.2) is 12.8 Å². The Bertz CT molecular complexity index is 1020. The molecule has 0 atom stereocenters. The zero-order chi connectivity index (χ0) is 21.2. The van der Waals surface area contributed by atoms with E-state index in [9.17, 15) is 17.6 Å². The number of hydrogen-bond acceptors (Lipinski definition) is 4. The summed E-state index contributed by atoms with van der Waals surface area (Å²) in [6.45, 7) is 0.653. The van der Waals surface area contributed by atoms with Crippen LogP contribution in [-0.2, 0) is 10.0 Å². The molecule has 0 spiro atoms. The fourth-order valence-corrected chi connectivity index (χ4v) is 5.46. The van der Waals surface area contributed by atoms with Crippen LogP contribution in [0.4, 0.5) is 10.1 Å². The highest BCUT2D eigenvalue weighted by Crippen LogP contribution is 2.33. The summed E-state index contributed by atoms with van der Waals surface area (Å²) in [5, 5.41) is 0.675. The Morgan fingerprint density at radius 2 is 1.62 bits per heavy atom. The number of carbonyl (C=O) groups is 1. The Kier molecular flexibility index (Phi) is 6.90. The van der Waals surface area contributed by atoms with Crippen LogP contribution in [0.5, 0.6) is 0 Å². The van der Waals surface area contributed by atoms with Gasteiger partial charge < -0.3 is 0 Å². The maximum atomic E-state index is 14.3. The predicted octanol–water partition coefficient (Wildman–Crippen LogP) is 4.72. The van der Waals surface area contributed by atoms with Crippen molar-refractivity contribution in [3.63, 3.8) is 0 Å². The molecule has 11 heteroatoms. The van der Waals surface area contributed by atoms with Gasteiger partial charge >= 0.3 is 0 Å². The summed E-state index contributed by atoms with van der Waals surface area (Å²) in [7, 11) is -4.03. The molecule has 1 aliphatic heterocycles. The lowest BCUT2D eigenvalue weighted by atomic mass is 10.2. The lowest BCUT2D eigenvalue weighted by molar-refractivity contribution is 0.0962. The van der Waals surface area contributed by atoms with Crippen LogP contribution in [0, 0.1) is 5.82 Å². The minimum absolute atomic E-state index is 0.0457. The molecule has 1 aliphatic rings. The number of sulfonamides is 1. The normalized spacial score (nSPS) is 15.2. The van der Waals surface area contributed by atoms with Crippen molar-refractivity contribution in [1.82, 2.24) is 9.73 Å². The molecule has 0 bridgehead atoms. The van der Waals surface area contributed by atoms with E-state index < -0.39 is 26.6 Å². The van der Waals surface area contributed by atoms with E-state index in [1.807, 2.05) is 0 Å². The van der Waals surface area contributed by atoms with Crippen molar-refractivity contribution in [1.29, 1.82) is 0 Å². The third kappa shape index (κ3) is 4.95. The minimum Gasteiger partial charge on any atom is -0.295 e. The van der Waals surface area contributed by atoms with Gasteiger partial charge in [-0.2, -0.15) is 4.31 Å². The highest BCUT2D eigenvalue weighted by atomic mass is 35.5. The molecule has 2 aromatic rings. The fourth-order valence-electron chi connectivity index (χ4n) is 2.94. The molecule has 1 fully saturated rings. The second-order valence-corrected chi connectivity index (χ2v) is 9.59. The van der Waals surface area contributed by atoms with Gasteiger partial charge in [-0.05, 0) is 43.2 Å². The molecule has 0 aliphatic carbocycles. The van der Waals surface area contributed by atoms with Gasteiger partial charge in [0.2, 0.25) is 10.0 Å². The Hall–Kier alpha value is -1.58. The van der Waals surface area contributed by atoms with Gasteiger partial charge in [0.1, 0.15) is 10.7 Å². The van der Waals surface area contributed by atoms with E-state index in [-0.39, 0.29) is 21.3 Å². The van der Waals surface area contributed by atoms with E-state index in [1.54, 1.807) is 0 Å². The molecule has 29 heavy (non-hydrogen) atoms. The fraction of sp³-hybridized carbons (Fsp3) is 0.278. The topological polar surface area (TPSA) is 78.5 Å². The predicted molar refractivity (Wildman–Crippen MR) is 112 cm³/mol. The monoisotopic (exact) mass is 479 g/mol. The molecule has 0 saturated carbocycles. The first-order chi connectivity index (χ1) is 13.7. The second kappa shape index (κ2) is 9.06. The summed E-state index contributed by atoms with van der Waals surface area (Å²) in [4.78, 5) is 11.9. The molecule has 1 amide bonds. The van der Waals surface area contributed by atoms with E-state index in [0.29, 0.717) is 31.0 Å². The van der Waals surface area contributed by atoms with Gasteiger partial charge in [0, 0.05) is 23.7 Å². The SMILES string of the molecule is O=C(NNc1c(Cl)cc(Cl)cc1Cl)c1ccc(F)c(S(=O)(=O)N2CCCCC2)c1. The van der Waals surface area contributed by atoms with Gasteiger partial charge in [0.25, 0.3) is 5.91 Å². The van der Waals surface area contributed by atoms with Gasteiger partial charge in [-0.3, -0.25) is 15.6 Å². The Morgan fingerprint density at radius 3 is 2.24 bits per heavy atom. The summed E-state index contributed by atoms with van der Waals surface area (Å²) in [5.41, 5.74) is 5.10. The number of amides is 1. The van der Waals surface area contributed by atoms with Crippen LogP contribution in [0.15, 0.2) is 35.2 Å². The van der Waals surface area contributed by atoms with E-state index >= 15 is 0 Å². The number of rotatable bonds is 5. The first kappa shape index (κ1) is 22.1. The highest BCUT2D eigenvalue weighted by molar-refractivity contribution is 7.89. The summed E-state index contributed by atoms with van der Waals surface area (Å²) in [5.74, 6) is -1.61. The van der Waals surface area contributed by atoms with Crippen LogP contribution in [0.25, 0.3) is 0 Å². The second-order valence-electron chi connectivity index (χ2n) is 6.43. The molecular formula is C18H17Cl3FN3O3S. The first-order valence-electron chi connectivity index (χ1n) is 8.71. The standard InChI is InChI=1S/C18H17Cl3FN3O3S/c19-12-9-13(20)17(14(21)10-12)23-24-18(26)11-4-5-15(22)16(8-11)29(27,28)25-6-2-1-3-7-25/h4-5,8-10,23H,1-3,6-7H2,(H,24,26). The molecule has 6 nitrogen and oxygen atoms in total. The first-order valence-corrected chi connectivity index (χ1v) is 11.3. The van der Waals surface area contributed by atoms with Crippen molar-refractivity contribution in [3.8, 4) is 0 Å². The Balaban J connectivity index is 1.81. The number of nitrogens with one attached hydrogen (secondary N) is 2. The molecule has 1 heterocycles. The Labute approximate surface area is 182 Å². The van der Waals surface area contributed by atoms with Gasteiger partial charge in [-0.15, -0.1) is 0 Å². The molecule has 1 saturated heterocycles. The lowest BCUT2D eigenvalue weighted by Crippen LogP contribution is -2.36. The number of hydrazine groups is 1. The molecule has 0 aromatic heterocycles. The average molecular weight is 481 g/mol. The van der Waals surface area contributed by atoms with Crippen molar-refractivity contribution in [3.05, 3.63) is 56.8 Å². The summed E-state index contributed by atoms with van der Waals surface area (Å²) in [6, 6.07) is 6.03. The smallest absolute Gasteiger partial charge is 0.269 e. The number of hydrogen-bond donors (Lipinski definition) is 2. The maximum Gasteiger partial charge on any atom is 0.269 e. The molecule has 0 radical (unpaired) electrons. The van der Waals surface area contributed by atoms with Crippen molar-refractivity contribution < 1.29 is 17.6 Å². The number of anilines is 1. The minimum atomic E-state index is -4.03. The average Bonchev–Trinajstić information content (AvgIpc) is 2.68. The van der Waals surface area contributed by atoms with Crippen LogP contribution in [0.2, 0.25) is 15.1 Å². The molecule has 0 unspecified atom stereocenters. The quantitative estimate of drug-likeness (QED) is 0.607. The molecule has 156 valence electrons. The van der Waals surface area contributed by atoms with Gasteiger partial charge in [0.15, 0.2) is 0 Å². The molecule has 2 aromatic carbocycles. The van der Waals surface area contributed by atoms with Crippen LogP contribution in [-0.4, -0.2) is 31.7 Å². The number of carbonyl (C=O) groups excluding carboxylic acids is 1. The van der Waals surface area contributed by atoms with Crippen molar-refractivity contribution in [2.75, 3.05) is 18.5 Å². The van der Waals surface area contributed by atoms with Gasteiger partial charge in [-0.1, -0.05) is 41.2 Å². The zero-order valence-corrected chi connectivity index (χ0v) is 18.1. The van der Waals surface area contributed by atoms with Crippen molar-refractivity contribution in [2.45, 2.75) is 24.2 Å². The van der Waals surface area contributed by atoms with Crippen molar-refractivity contribution >= 4 is 56.4 Å². The number of halogens is 4. The summed E-state index contributed by atoms with van der Waals surface area (Å²) < 4.78 is 41.1. The molecule has 2 N–H and O–H groups in total.